The van der Waals surface area contributed by atoms with E-state index >= 15 is 0 Å². The van der Waals surface area contributed by atoms with Gasteiger partial charge in [-0.25, -0.2) is 0 Å². The Balaban J connectivity index is 4.65. The number of hydrogen-bond donors (Lipinski definition) is 2. The van der Waals surface area contributed by atoms with Gasteiger partial charge in [-0.05, 0) is 91.1 Å². The van der Waals surface area contributed by atoms with Crippen LogP contribution >= 0.6 is 11.9 Å². The van der Waals surface area contributed by atoms with Crippen LogP contribution in [0.3, 0.4) is 0 Å². The first-order chi connectivity index (χ1) is 27.9. The van der Waals surface area contributed by atoms with E-state index in [0.29, 0.717) is 25.9 Å². The van der Waals surface area contributed by atoms with E-state index in [1.807, 2.05) is 14.1 Å². The third-order valence-electron chi connectivity index (χ3n) is 9.58. The number of hydrogen-bond acceptors (Lipinski definition) is 10. The molecule has 0 bridgehead atoms. The van der Waals surface area contributed by atoms with Crippen LogP contribution < -0.4 is 10.0 Å². The van der Waals surface area contributed by atoms with Crippen LogP contribution in [0.4, 0.5) is 0 Å². The van der Waals surface area contributed by atoms with E-state index in [9.17, 15) is 14.4 Å². The van der Waals surface area contributed by atoms with Gasteiger partial charge in [0.05, 0.1) is 0 Å². The minimum Gasteiger partial charge on any atom is -0.466 e. The number of unbranched alkanes of at least 4 members (excludes halogenated alkanes) is 16. The lowest BCUT2D eigenvalue weighted by molar-refractivity contribution is -0.154. The van der Waals surface area contributed by atoms with E-state index in [2.05, 4.69) is 77.4 Å². The molecule has 0 radical (unpaired) electrons. The maximum absolute atomic E-state index is 12.8. The first-order valence-corrected chi connectivity index (χ1v) is 23.6. The average Bonchev–Trinajstić information content (AvgIpc) is 3.20. The zero-order valence-electron chi connectivity index (χ0n) is 36.9. The molecule has 0 amide bonds. The molecule has 0 saturated carbocycles. The van der Waals surface area contributed by atoms with Crippen molar-refractivity contribution >= 4 is 30.4 Å². The fourth-order valence-electron chi connectivity index (χ4n) is 6.00. The maximum atomic E-state index is 12.8. The number of nitrogens with zero attached hydrogens (tertiary/aromatic N) is 1. The second-order valence-corrected chi connectivity index (χ2v) is 16.4. The summed E-state index contributed by atoms with van der Waals surface area (Å²) in [4.78, 5) is 39.0. The van der Waals surface area contributed by atoms with Gasteiger partial charge in [0.15, 0.2) is 0 Å². The van der Waals surface area contributed by atoms with Gasteiger partial charge in [0.25, 0.3) is 6.47 Å². The summed E-state index contributed by atoms with van der Waals surface area (Å²) in [5.74, 6) is 0.124. The molecule has 0 aliphatic rings. The number of rotatable bonds is 43. The summed E-state index contributed by atoms with van der Waals surface area (Å²) in [6, 6.07) is 0. The summed E-state index contributed by atoms with van der Waals surface area (Å²) < 4.78 is 20.0. The van der Waals surface area contributed by atoms with Crippen LogP contribution in [0.2, 0.25) is 0 Å². The summed E-state index contributed by atoms with van der Waals surface area (Å²) in [5.41, 5.74) is -1.03. The lowest BCUT2D eigenvalue weighted by Gasteiger charge is -2.33. The number of carbonyl (C=O) groups is 3. The predicted molar refractivity (Wildman–Crippen MR) is 242 cm³/mol. The molecule has 0 heterocycles. The summed E-state index contributed by atoms with van der Waals surface area (Å²) in [5, 5.41) is 3.39. The van der Waals surface area contributed by atoms with E-state index in [1.165, 1.54) is 51.4 Å². The van der Waals surface area contributed by atoms with Gasteiger partial charge in [0, 0.05) is 38.2 Å². The first-order valence-electron chi connectivity index (χ1n) is 22.6. The van der Waals surface area contributed by atoms with Crippen molar-refractivity contribution in [2.45, 2.75) is 173 Å². The molecule has 0 fully saturated rings. The molecule has 0 saturated heterocycles. The van der Waals surface area contributed by atoms with Crippen LogP contribution in [0.25, 0.3) is 0 Å². The van der Waals surface area contributed by atoms with E-state index < -0.39 is 5.54 Å². The standard InChI is InChI=1S/C47H85N3O6S/c1-5-7-9-11-13-15-17-19-21-23-25-27-29-31-33-35-45(52)55-42-47(41-54-44-51,48-38-40-57-49-37-39-50(3)4)43-56-46(53)36-34-32-30-28-26-24-22-20-18-16-14-12-10-8-6-2/h13-16,19-22,44,48-49H,5-12,17-18,23-43H2,1-4H3/b15-13-,16-14-,21-19-,22-20-. The number of esters is 2. The lowest BCUT2D eigenvalue weighted by Crippen LogP contribution is -2.57. The molecule has 0 aromatic carbocycles. The highest BCUT2D eigenvalue weighted by atomic mass is 32.2. The first kappa shape index (κ1) is 54.6. The molecule has 0 aliphatic heterocycles. The molecule has 0 aromatic rings. The molecular weight excluding hydrogens is 735 g/mol. The minimum atomic E-state index is -1.03. The monoisotopic (exact) mass is 820 g/mol. The number of nitrogens with one attached hydrogen (secondary N) is 2. The molecule has 330 valence electrons. The van der Waals surface area contributed by atoms with Crippen molar-refractivity contribution < 1.29 is 28.6 Å². The fourth-order valence-corrected chi connectivity index (χ4v) is 6.58. The normalized spacial score (nSPS) is 12.2. The Morgan fingerprint density at radius 2 is 1.02 bits per heavy atom. The van der Waals surface area contributed by atoms with Gasteiger partial charge in [0.2, 0.25) is 0 Å². The molecule has 2 N–H and O–H groups in total. The minimum absolute atomic E-state index is 0.0599. The Morgan fingerprint density at radius 3 is 1.46 bits per heavy atom. The van der Waals surface area contributed by atoms with Gasteiger partial charge in [0.1, 0.15) is 25.4 Å². The quantitative estimate of drug-likeness (QED) is 0.0154. The van der Waals surface area contributed by atoms with Crippen molar-refractivity contribution in [3.8, 4) is 0 Å². The SMILES string of the molecule is CCCCC/C=C\C/C=C\CCCCCCCC(=O)OCC(COC=O)(COC(=O)CCCCCCC/C=C\C/C=C\CCCCC)NCCSNCCN(C)C. The Kier molecular flexibility index (Phi) is 41.4. The highest BCUT2D eigenvalue weighted by Gasteiger charge is 2.34. The zero-order chi connectivity index (χ0) is 41.8. The van der Waals surface area contributed by atoms with Gasteiger partial charge in [-0.3, -0.25) is 19.1 Å². The number of ether oxygens (including phenoxy) is 3. The molecule has 0 atom stereocenters. The van der Waals surface area contributed by atoms with Gasteiger partial charge >= 0.3 is 11.9 Å². The second-order valence-electron chi connectivity index (χ2n) is 15.4. The third kappa shape index (κ3) is 40.2. The number of likely N-dealkylation sites (N-methyl/N-ethyl adjacent to an activating group) is 1. The largest absolute Gasteiger partial charge is 0.466 e. The summed E-state index contributed by atoms with van der Waals surface area (Å²) in [6.07, 6.45) is 43.4. The Hall–Kier alpha value is -2.40. The van der Waals surface area contributed by atoms with Crippen LogP contribution in [0.5, 0.6) is 0 Å². The molecule has 10 heteroatoms. The second kappa shape index (κ2) is 43.2. The Morgan fingerprint density at radius 1 is 0.579 bits per heavy atom. The van der Waals surface area contributed by atoms with Crippen molar-refractivity contribution in [1.82, 2.24) is 14.9 Å². The van der Waals surface area contributed by atoms with E-state index in [-0.39, 0.29) is 31.8 Å². The van der Waals surface area contributed by atoms with Crippen molar-refractivity contribution in [3.05, 3.63) is 48.6 Å². The van der Waals surface area contributed by atoms with Gasteiger partial charge < -0.3 is 24.4 Å². The van der Waals surface area contributed by atoms with Crippen molar-refractivity contribution in [3.63, 3.8) is 0 Å². The molecular formula is C47H85N3O6S. The molecule has 0 rings (SSSR count). The molecule has 9 nitrogen and oxygen atoms in total. The predicted octanol–water partition coefficient (Wildman–Crippen LogP) is 11.0. The third-order valence-corrected chi connectivity index (χ3v) is 10.4. The number of allylic oxidation sites excluding steroid dienone is 8. The van der Waals surface area contributed by atoms with Gasteiger partial charge in [-0.2, -0.15) is 0 Å². The van der Waals surface area contributed by atoms with Gasteiger partial charge in [-0.15, -0.1) is 0 Å². The Labute approximate surface area is 354 Å². The molecule has 0 unspecified atom stereocenters. The van der Waals surface area contributed by atoms with Crippen molar-refractivity contribution in [1.29, 1.82) is 0 Å². The van der Waals surface area contributed by atoms with Crippen LogP contribution in [-0.4, -0.2) is 88.2 Å². The topological polar surface area (TPSA) is 106 Å². The van der Waals surface area contributed by atoms with Gasteiger partial charge in [-0.1, -0.05) is 139 Å². The zero-order valence-corrected chi connectivity index (χ0v) is 37.7. The van der Waals surface area contributed by atoms with E-state index in [0.717, 1.165) is 109 Å². The molecule has 57 heavy (non-hydrogen) atoms. The maximum Gasteiger partial charge on any atom is 0.305 e. The smallest absolute Gasteiger partial charge is 0.305 e. The fraction of sp³-hybridized carbons (Fsp3) is 0.766. The van der Waals surface area contributed by atoms with Crippen molar-refractivity contribution in [2.75, 3.05) is 59.3 Å². The van der Waals surface area contributed by atoms with E-state index in [4.69, 9.17) is 14.2 Å². The summed E-state index contributed by atoms with van der Waals surface area (Å²) in [6.45, 7) is 6.94. The Bertz CT molecular complexity index is 986. The van der Waals surface area contributed by atoms with Crippen LogP contribution in [0, 0.1) is 0 Å². The highest BCUT2D eigenvalue weighted by Crippen LogP contribution is 2.14. The van der Waals surface area contributed by atoms with Crippen LogP contribution in [-0.2, 0) is 28.6 Å². The molecule has 0 aromatic heterocycles. The van der Waals surface area contributed by atoms with Crippen molar-refractivity contribution in [2.24, 2.45) is 0 Å². The average molecular weight is 820 g/mol. The van der Waals surface area contributed by atoms with Crippen LogP contribution in [0.15, 0.2) is 48.6 Å². The summed E-state index contributed by atoms with van der Waals surface area (Å²) in [7, 11) is 4.06. The number of carbonyl (C=O) groups excluding carboxylic acids is 3. The lowest BCUT2D eigenvalue weighted by atomic mass is 10.0. The molecule has 0 aliphatic carbocycles. The molecule has 0 spiro atoms. The highest BCUT2D eigenvalue weighted by molar-refractivity contribution is 7.97. The van der Waals surface area contributed by atoms with Crippen LogP contribution in [0.1, 0.15) is 168 Å². The summed E-state index contributed by atoms with van der Waals surface area (Å²) >= 11 is 1.59. The van der Waals surface area contributed by atoms with E-state index in [1.54, 1.807) is 11.9 Å².